The van der Waals surface area contributed by atoms with Gasteiger partial charge in [-0.05, 0) is 18.9 Å². The molecule has 2 aromatic rings. The summed E-state index contributed by atoms with van der Waals surface area (Å²) in [5.41, 5.74) is 1.61. The van der Waals surface area contributed by atoms with Gasteiger partial charge in [0.2, 0.25) is 0 Å². The van der Waals surface area contributed by atoms with E-state index in [1.54, 1.807) is 6.20 Å². The van der Waals surface area contributed by atoms with E-state index in [4.69, 9.17) is 0 Å². The first-order valence-corrected chi connectivity index (χ1v) is 7.78. The molecule has 0 radical (unpaired) electrons. The Labute approximate surface area is 140 Å². The molecule has 1 unspecified atom stereocenters. The summed E-state index contributed by atoms with van der Waals surface area (Å²) in [5, 5.41) is 10.6. The molecule has 0 aromatic carbocycles. The summed E-state index contributed by atoms with van der Waals surface area (Å²) < 4.78 is 1.97. The van der Waals surface area contributed by atoms with Crippen molar-refractivity contribution in [3.8, 4) is 0 Å². The Hall–Kier alpha value is -1.86. The lowest BCUT2D eigenvalue weighted by Crippen LogP contribution is -2.49. The lowest BCUT2D eigenvalue weighted by molar-refractivity contribution is 0.0614. The molecule has 1 amide bonds. The number of aromatic nitrogens is 4. The average molecular weight is 337 g/mol. The van der Waals surface area contributed by atoms with Crippen molar-refractivity contribution < 1.29 is 4.79 Å². The molecule has 4 rings (SSSR count). The maximum atomic E-state index is 12.9. The largest absolute Gasteiger partial charge is 0.336 e. The van der Waals surface area contributed by atoms with Crippen LogP contribution in [0.15, 0.2) is 18.5 Å². The number of halogens is 1. The zero-order valence-electron chi connectivity index (χ0n) is 13.0. The fraction of sp³-hybridized carbons (Fsp3) is 0.533. The van der Waals surface area contributed by atoms with E-state index in [2.05, 4.69) is 20.5 Å². The maximum absolute atomic E-state index is 12.9. The van der Waals surface area contributed by atoms with E-state index in [1.165, 1.54) is 12.8 Å². The number of amides is 1. The fourth-order valence-electron chi connectivity index (χ4n) is 3.07. The molecule has 1 saturated carbocycles. The number of carbonyl (C=O) groups is 1. The van der Waals surface area contributed by atoms with Gasteiger partial charge in [0.1, 0.15) is 17.6 Å². The Morgan fingerprint density at radius 3 is 2.91 bits per heavy atom. The van der Waals surface area contributed by atoms with Crippen molar-refractivity contribution in [3.63, 3.8) is 0 Å². The predicted molar refractivity (Wildman–Crippen MR) is 87.7 cm³/mol. The predicted octanol–water partition coefficient (Wildman–Crippen LogP) is 1.23. The molecule has 3 heterocycles. The second-order valence-electron chi connectivity index (χ2n) is 6.10. The maximum Gasteiger partial charge on any atom is 0.275 e. The quantitative estimate of drug-likeness (QED) is 0.883. The first-order valence-electron chi connectivity index (χ1n) is 7.78. The van der Waals surface area contributed by atoms with E-state index in [-0.39, 0.29) is 24.4 Å². The van der Waals surface area contributed by atoms with Crippen molar-refractivity contribution in [2.24, 2.45) is 7.05 Å². The molecule has 1 aliphatic heterocycles. The van der Waals surface area contributed by atoms with E-state index in [1.807, 2.05) is 28.8 Å². The third-order valence-electron chi connectivity index (χ3n) is 4.49. The van der Waals surface area contributed by atoms with Gasteiger partial charge >= 0.3 is 0 Å². The molecule has 2 aromatic heterocycles. The van der Waals surface area contributed by atoms with Gasteiger partial charge in [0.05, 0.1) is 0 Å². The summed E-state index contributed by atoms with van der Waals surface area (Å²) in [6.45, 7) is 2.19. The zero-order valence-corrected chi connectivity index (χ0v) is 13.8. The summed E-state index contributed by atoms with van der Waals surface area (Å²) in [6, 6.07) is 1.86. The van der Waals surface area contributed by atoms with Gasteiger partial charge in [-0.25, -0.2) is 4.98 Å². The molecule has 7 nitrogen and oxygen atoms in total. The Bertz CT molecular complexity index is 692. The first-order chi connectivity index (χ1) is 10.7. The molecular formula is C15H21ClN6O. The van der Waals surface area contributed by atoms with Crippen LogP contribution >= 0.6 is 12.4 Å². The summed E-state index contributed by atoms with van der Waals surface area (Å²) in [6.07, 6.45) is 6.07. The Morgan fingerprint density at radius 2 is 2.22 bits per heavy atom. The fourth-order valence-corrected chi connectivity index (χ4v) is 3.07. The van der Waals surface area contributed by atoms with Crippen molar-refractivity contribution in [1.29, 1.82) is 0 Å². The number of hydrogen-bond acceptors (Lipinski definition) is 4. The monoisotopic (exact) mass is 336 g/mol. The van der Waals surface area contributed by atoms with Crippen LogP contribution in [0, 0.1) is 0 Å². The normalized spacial score (nSPS) is 21.1. The van der Waals surface area contributed by atoms with Crippen LogP contribution in [-0.2, 0) is 7.05 Å². The third-order valence-corrected chi connectivity index (χ3v) is 4.49. The van der Waals surface area contributed by atoms with Crippen molar-refractivity contribution in [2.45, 2.75) is 24.8 Å². The molecular weight excluding hydrogens is 316 g/mol. The molecule has 124 valence electrons. The van der Waals surface area contributed by atoms with Crippen LogP contribution in [-0.4, -0.2) is 50.2 Å². The van der Waals surface area contributed by atoms with Gasteiger partial charge in [-0.1, -0.05) is 0 Å². The van der Waals surface area contributed by atoms with E-state index in [0.717, 1.165) is 24.6 Å². The van der Waals surface area contributed by atoms with Crippen LogP contribution in [0.1, 0.15) is 46.8 Å². The van der Waals surface area contributed by atoms with Gasteiger partial charge < -0.3 is 14.8 Å². The second kappa shape index (κ2) is 6.33. The van der Waals surface area contributed by atoms with Gasteiger partial charge in [0, 0.05) is 50.7 Å². The SMILES string of the molecule is Cl.Cn1ccnc1C1CNCCN1C(=O)c1cc(C2CC2)[nH]n1. The summed E-state index contributed by atoms with van der Waals surface area (Å²) in [7, 11) is 1.96. The summed E-state index contributed by atoms with van der Waals surface area (Å²) >= 11 is 0. The third kappa shape index (κ3) is 2.98. The first kappa shape index (κ1) is 16.0. The molecule has 8 heteroatoms. The van der Waals surface area contributed by atoms with E-state index in [9.17, 15) is 4.79 Å². The number of rotatable bonds is 3. The average Bonchev–Trinajstić information content (AvgIpc) is 3.11. The van der Waals surface area contributed by atoms with Gasteiger partial charge in [-0.3, -0.25) is 9.89 Å². The highest BCUT2D eigenvalue weighted by Gasteiger charge is 2.33. The number of aromatic amines is 1. The zero-order chi connectivity index (χ0) is 15.1. The van der Waals surface area contributed by atoms with E-state index in [0.29, 0.717) is 18.2 Å². The van der Waals surface area contributed by atoms with Gasteiger partial charge in [-0.2, -0.15) is 5.10 Å². The number of hydrogen-bond donors (Lipinski definition) is 2. The van der Waals surface area contributed by atoms with E-state index >= 15 is 0 Å². The number of piperazine rings is 1. The molecule has 2 N–H and O–H groups in total. The van der Waals surface area contributed by atoms with Crippen LogP contribution < -0.4 is 5.32 Å². The highest BCUT2D eigenvalue weighted by molar-refractivity contribution is 5.92. The summed E-state index contributed by atoms with van der Waals surface area (Å²) in [5.74, 6) is 1.46. The molecule has 1 saturated heterocycles. The Balaban J connectivity index is 0.00000156. The number of nitrogens with zero attached hydrogens (tertiary/aromatic N) is 4. The molecule has 2 aliphatic rings. The summed E-state index contributed by atoms with van der Waals surface area (Å²) in [4.78, 5) is 19.1. The van der Waals surface area contributed by atoms with Crippen molar-refractivity contribution in [3.05, 3.63) is 35.7 Å². The minimum atomic E-state index is -0.0534. The lowest BCUT2D eigenvalue weighted by atomic mass is 10.1. The van der Waals surface area contributed by atoms with Crippen LogP contribution in [0.25, 0.3) is 0 Å². The van der Waals surface area contributed by atoms with Crippen LogP contribution in [0.4, 0.5) is 0 Å². The minimum Gasteiger partial charge on any atom is -0.336 e. The number of carbonyl (C=O) groups excluding carboxylic acids is 1. The molecule has 23 heavy (non-hydrogen) atoms. The Morgan fingerprint density at radius 1 is 1.39 bits per heavy atom. The number of imidazole rings is 1. The van der Waals surface area contributed by atoms with Crippen LogP contribution in [0.3, 0.4) is 0 Å². The minimum absolute atomic E-state index is 0. The molecule has 1 atom stereocenters. The molecule has 2 fully saturated rings. The standard InChI is InChI=1S/C15H20N6O.ClH/c1-20-6-5-17-14(20)13-9-16-4-7-21(13)15(22)12-8-11(18-19-12)10-2-3-10;/h5-6,8,10,13,16H,2-4,7,9H2,1H3,(H,18,19);1H. The van der Waals surface area contributed by atoms with Crippen molar-refractivity contribution in [1.82, 2.24) is 30.0 Å². The Kier molecular flexibility index (Phi) is 4.41. The van der Waals surface area contributed by atoms with Crippen LogP contribution in [0.2, 0.25) is 0 Å². The number of nitrogens with one attached hydrogen (secondary N) is 2. The highest BCUT2D eigenvalue weighted by Crippen LogP contribution is 2.39. The van der Waals surface area contributed by atoms with Gasteiger partial charge in [-0.15, -0.1) is 12.4 Å². The number of H-pyrrole nitrogens is 1. The van der Waals surface area contributed by atoms with Gasteiger partial charge in [0.15, 0.2) is 0 Å². The highest BCUT2D eigenvalue weighted by atomic mass is 35.5. The molecule has 0 bridgehead atoms. The topological polar surface area (TPSA) is 78.8 Å². The van der Waals surface area contributed by atoms with Crippen molar-refractivity contribution >= 4 is 18.3 Å². The number of aryl methyl sites for hydroxylation is 1. The smallest absolute Gasteiger partial charge is 0.275 e. The van der Waals surface area contributed by atoms with Gasteiger partial charge in [0.25, 0.3) is 5.91 Å². The van der Waals surface area contributed by atoms with Crippen molar-refractivity contribution in [2.75, 3.05) is 19.6 Å². The lowest BCUT2D eigenvalue weighted by Gasteiger charge is -2.35. The van der Waals surface area contributed by atoms with Crippen LogP contribution in [0.5, 0.6) is 0 Å². The molecule has 1 aliphatic carbocycles. The molecule has 0 spiro atoms. The second-order valence-corrected chi connectivity index (χ2v) is 6.10. The van der Waals surface area contributed by atoms with E-state index < -0.39 is 0 Å².